The van der Waals surface area contributed by atoms with Crippen molar-refractivity contribution in [2.75, 3.05) is 13.1 Å². The van der Waals surface area contributed by atoms with Gasteiger partial charge in [0.2, 0.25) is 0 Å². The van der Waals surface area contributed by atoms with E-state index < -0.39 is 139 Å². The van der Waals surface area contributed by atoms with Gasteiger partial charge in [-0.2, -0.15) is 154 Å². The molecule has 0 bridgehead atoms. The van der Waals surface area contributed by atoms with E-state index in [0.29, 0.717) is 0 Å². The molecule has 0 aliphatic rings. The highest BCUT2D eigenvalue weighted by molar-refractivity contribution is 5.16. The molecular formula is C22H13F34NO. The molecule has 0 aromatic rings. The summed E-state index contributed by atoms with van der Waals surface area (Å²) in [7, 11) is 0. The van der Waals surface area contributed by atoms with E-state index in [4.69, 9.17) is 0 Å². The first-order valence-corrected chi connectivity index (χ1v) is 13.5. The van der Waals surface area contributed by atoms with Gasteiger partial charge in [-0.3, -0.25) is 0 Å². The predicted molar refractivity (Wildman–Crippen MR) is 113 cm³/mol. The minimum absolute atomic E-state index is 1.01. The van der Waals surface area contributed by atoms with Gasteiger partial charge in [0, 0.05) is 25.9 Å². The van der Waals surface area contributed by atoms with Crippen LogP contribution in [0, 0.1) is 0 Å². The van der Waals surface area contributed by atoms with Crippen LogP contribution < -0.4 is 0 Å². The average molecular weight is 953 g/mol. The molecule has 0 aliphatic carbocycles. The highest BCUT2D eigenvalue weighted by Crippen LogP contribution is 2.66. The number of hydrogen-bond acceptors (Lipinski definition) is 2. The molecular weight excluding hydrogens is 940 g/mol. The fourth-order valence-corrected chi connectivity index (χ4v) is 3.79. The van der Waals surface area contributed by atoms with Crippen molar-refractivity contribution in [2.24, 2.45) is 0 Å². The molecule has 58 heavy (non-hydrogen) atoms. The van der Waals surface area contributed by atoms with Gasteiger partial charge in [-0.1, -0.05) is 0 Å². The topological polar surface area (TPSA) is 23.5 Å². The van der Waals surface area contributed by atoms with Gasteiger partial charge in [0.15, 0.2) is 0 Å². The highest BCUT2D eigenvalue weighted by atomic mass is 19.4. The largest absolute Gasteiger partial charge is 0.460 e. The summed E-state index contributed by atoms with van der Waals surface area (Å²) in [5.41, 5.74) is 0. The minimum atomic E-state index is -9.00. The van der Waals surface area contributed by atoms with Crippen molar-refractivity contribution < 1.29 is 154 Å². The van der Waals surface area contributed by atoms with Crippen molar-refractivity contribution in [2.45, 2.75) is 121 Å². The van der Waals surface area contributed by atoms with Crippen LogP contribution in [-0.4, -0.2) is 119 Å². The summed E-state index contributed by atoms with van der Waals surface area (Å²) in [4.78, 5) is 0. The van der Waals surface area contributed by atoms with E-state index in [1.54, 1.807) is 0 Å². The maximum Gasteiger partial charge on any atom is 0.460 e. The van der Waals surface area contributed by atoms with Crippen LogP contribution in [-0.2, 0) is 0 Å². The van der Waals surface area contributed by atoms with E-state index in [0.717, 1.165) is 0 Å². The van der Waals surface area contributed by atoms with E-state index in [1.165, 1.54) is 0 Å². The van der Waals surface area contributed by atoms with Gasteiger partial charge in [-0.05, 0) is 12.8 Å². The monoisotopic (exact) mass is 953 g/mol. The normalized spacial score (nSPS) is 16.8. The second-order valence-corrected chi connectivity index (χ2v) is 11.5. The summed E-state index contributed by atoms with van der Waals surface area (Å²) in [5, 5.41) is 8.23. The molecule has 0 unspecified atom stereocenters. The van der Waals surface area contributed by atoms with E-state index in [1.807, 2.05) is 0 Å². The molecule has 36 heteroatoms. The standard InChI is InChI=1S/C22H13F34NO/c23-7(24,9(27,28)11(31,32)13(35,36)15(39,40)17(43,44)19(47,48)21(51,52)53)3-1-5-57(58)6-2-4-8(25,26)10(29,30)12(33,34)14(37,38)16(41,42)18(45,46)20(49,50)22(54,55)56/h58H,1-6H2. The van der Waals surface area contributed by atoms with Gasteiger partial charge in [0.1, 0.15) is 0 Å². The van der Waals surface area contributed by atoms with E-state index in [2.05, 4.69) is 0 Å². The number of halogens is 34. The third kappa shape index (κ3) is 7.81. The zero-order valence-electron chi connectivity index (χ0n) is 26.0. The van der Waals surface area contributed by atoms with E-state index in [-0.39, 0.29) is 0 Å². The first-order chi connectivity index (χ1) is 24.6. The van der Waals surface area contributed by atoms with Crippen LogP contribution in [0.15, 0.2) is 0 Å². The molecule has 0 spiro atoms. The summed E-state index contributed by atoms with van der Waals surface area (Å²) in [6.07, 6.45) is -27.2. The van der Waals surface area contributed by atoms with Crippen LogP contribution in [0.1, 0.15) is 25.7 Å². The van der Waals surface area contributed by atoms with Gasteiger partial charge < -0.3 is 5.21 Å². The molecule has 0 saturated carbocycles. The van der Waals surface area contributed by atoms with Crippen molar-refractivity contribution in [3.05, 3.63) is 0 Å². The Morgan fingerprint density at radius 2 is 0.397 bits per heavy atom. The third-order valence-corrected chi connectivity index (χ3v) is 7.39. The second-order valence-electron chi connectivity index (χ2n) is 11.5. The molecule has 0 saturated heterocycles. The molecule has 0 aromatic heterocycles. The number of alkyl halides is 34. The Balaban J connectivity index is 6.11. The molecule has 2 nitrogen and oxygen atoms in total. The molecule has 0 heterocycles. The van der Waals surface area contributed by atoms with Crippen LogP contribution in [0.4, 0.5) is 149 Å². The molecule has 0 aromatic carbocycles. The number of hydroxylamine groups is 2. The summed E-state index contributed by atoms with van der Waals surface area (Å²) in [5.74, 6) is -119. The van der Waals surface area contributed by atoms with E-state index >= 15 is 0 Å². The quantitative estimate of drug-likeness (QED) is 0.0971. The first kappa shape index (κ1) is 55.5. The van der Waals surface area contributed by atoms with Crippen molar-refractivity contribution >= 4 is 0 Å². The fourth-order valence-electron chi connectivity index (χ4n) is 3.79. The van der Waals surface area contributed by atoms with Crippen LogP contribution in [0.25, 0.3) is 0 Å². The van der Waals surface area contributed by atoms with Crippen LogP contribution in [0.2, 0.25) is 0 Å². The fraction of sp³-hybridized carbons (Fsp3) is 1.00. The Labute approximate surface area is 295 Å². The molecule has 0 atom stereocenters. The Hall–Kier alpha value is -2.46. The third-order valence-electron chi connectivity index (χ3n) is 7.39. The lowest BCUT2D eigenvalue weighted by atomic mass is 9.88. The van der Waals surface area contributed by atoms with Gasteiger partial charge in [0.05, 0.1) is 0 Å². The molecule has 0 radical (unpaired) electrons. The SMILES string of the molecule is ON(CCCC(F)(F)C(F)(F)C(F)(F)C(F)(F)C(F)(F)C(F)(F)C(F)(F)C(F)(F)F)CCCC(F)(F)C(F)(F)C(F)(F)C(F)(F)C(F)(F)C(F)(F)C(F)(F)C(F)(F)F. The smallest absolute Gasteiger partial charge is 0.314 e. The maximum absolute atomic E-state index is 13.9. The Kier molecular flexibility index (Phi) is 14.2. The van der Waals surface area contributed by atoms with Crippen molar-refractivity contribution in [3.63, 3.8) is 0 Å². The molecule has 1 N–H and O–H groups in total. The summed E-state index contributed by atoms with van der Waals surface area (Å²) in [6, 6.07) is 0. The highest BCUT2D eigenvalue weighted by Gasteiger charge is 2.96. The Bertz CT molecular complexity index is 1300. The van der Waals surface area contributed by atoms with E-state index in [9.17, 15) is 154 Å². The molecule has 0 amide bonds. The van der Waals surface area contributed by atoms with Crippen molar-refractivity contribution in [1.29, 1.82) is 0 Å². The summed E-state index contributed by atoms with van der Waals surface area (Å²) < 4.78 is 451. The first-order valence-electron chi connectivity index (χ1n) is 13.5. The number of nitrogens with zero attached hydrogens (tertiary/aromatic N) is 1. The van der Waals surface area contributed by atoms with Gasteiger partial charge in [0.25, 0.3) is 0 Å². The summed E-state index contributed by atoms with van der Waals surface area (Å²) >= 11 is 0. The zero-order valence-corrected chi connectivity index (χ0v) is 26.0. The van der Waals surface area contributed by atoms with Crippen LogP contribution >= 0.6 is 0 Å². The van der Waals surface area contributed by atoms with Crippen LogP contribution in [0.3, 0.4) is 0 Å². The van der Waals surface area contributed by atoms with Crippen molar-refractivity contribution in [1.82, 2.24) is 5.06 Å². The van der Waals surface area contributed by atoms with Gasteiger partial charge >= 0.3 is 95.3 Å². The summed E-state index contributed by atoms with van der Waals surface area (Å²) in [6.45, 7) is -4.13. The molecule has 350 valence electrons. The number of rotatable bonds is 20. The Morgan fingerprint density at radius 1 is 0.241 bits per heavy atom. The lowest BCUT2D eigenvalue weighted by molar-refractivity contribution is -0.461. The van der Waals surface area contributed by atoms with Gasteiger partial charge in [-0.15, -0.1) is 0 Å². The minimum Gasteiger partial charge on any atom is -0.314 e. The van der Waals surface area contributed by atoms with Crippen molar-refractivity contribution in [3.8, 4) is 0 Å². The predicted octanol–water partition coefficient (Wildman–Crippen LogP) is 12.3. The number of hydrogen-bond donors (Lipinski definition) is 1. The van der Waals surface area contributed by atoms with Crippen LogP contribution in [0.5, 0.6) is 0 Å². The average Bonchev–Trinajstić information content (AvgIpc) is 2.98. The molecule has 0 fully saturated rings. The lowest BCUT2D eigenvalue weighted by Gasteiger charge is -2.43. The second kappa shape index (κ2) is 14.9. The molecule has 0 rings (SSSR count). The van der Waals surface area contributed by atoms with Gasteiger partial charge in [-0.25, -0.2) is 0 Å². The zero-order chi connectivity index (χ0) is 47.8. The lowest BCUT2D eigenvalue weighted by Crippen LogP contribution is -2.74. The molecule has 0 aliphatic heterocycles. The Morgan fingerprint density at radius 3 is 0.569 bits per heavy atom. The maximum atomic E-state index is 13.9.